The van der Waals surface area contributed by atoms with Gasteiger partial charge in [-0.2, -0.15) is 0 Å². The van der Waals surface area contributed by atoms with Crippen molar-refractivity contribution in [1.29, 1.82) is 0 Å². The van der Waals surface area contributed by atoms with E-state index in [2.05, 4.69) is 15.3 Å². The Bertz CT molecular complexity index is 455. The maximum atomic E-state index is 12.2. The van der Waals surface area contributed by atoms with Crippen molar-refractivity contribution in [2.24, 2.45) is 5.92 Å². The number of carbonyl (C=O) groups excluding carboxylic acids is 1. The average Bonchev–Trinajstić information content (AvgIpc) is 2.86. The summed E-state index contributed by atoms with van der Waals surface area (Å²) in [6, 6.07) is 0. The van der Waals surface area contributed by atoms with Crippen LogP contribution in [0.25, 0.3) is 0 Å². The van der Waals surface area contributed by atoms with E-state index >= 15 is 0 Å². The molecule has 104 valence electrons. The number of rotatable bonds is 3. The third-order valence-corrected chi connectivity index (χ3v) is 3.63. The highest BCUT2D eigenvalue weighted by Gasteiger charge is 2.24. The number of nitrogens with zero attached hydrogens (tertiary/aromatic N) is 3. The van der Waals surface area contributed by atoms with Crippen LogP contribution in [0, 0.1) is 19.8 Å². The molecule has 0 spiro atoms. The summed E-state index contributed by atoms with van der Waals surface area (Å²) in [4.78, 5) is 22.9. The van der Waals surface area contributed by atoms with Crippen molar-refractivity contribution in [1.82, 2.24) is 9.97 Å². The maximum Gasteiger partial charge on any atom is 0.227 e. The van der Waals surface area contributed by atoms with Gasteiger partial charge in [-0.1, -0.05) is 12.8 Å². The molecule has 1 aliphatic rings. The van der Waals surface area contributed by atoms with E-state index in [1.165, 1.54) is 0 Å². The lowest BCUT2D eigenvalue weighted by atomic mass is 10.1. The molecule has 0 bridgehead atoms. The highest BCUT2D eigenvalue weighted by molar-refractivity contribution is 5.93. The van der Waals surface area contributed by atoms with Gasteiger partial charge in [-0.15, -0.1) is 0 Å². The zero-order valence-corrected chi connectivity index (χ0v) is 12.2. The number of hydrogen-bond donors (Lipinski definition) is 1. The molecule has 0 saturated heterocycles. The van der Waals surface area contributed by atoms with Crippen molar-refractivity contribution < 1.29 is 4.79 Å². The molecule has 2 rings (SSSR count). The molecule has 0 aliphatic heterocycles. The Labute approximate surface area is 114 Å². The molecular formula is C14H22N4O. The van der Waals surface area contributed by atoms with Crippen molar-refractivity contribution in [2.45, 2.75) is 39.5 Å². The van der Waals surface area contributed by atoms with Gasteiger partial charge in [-0.3, -0.25) is 4.79 Å². The van der Waals surface area contributed by atoms with Crippen LogP contribution in [-0.4, -0.2) is 30.0 Å². The Hall–Kier alpha value is -1.65. The lowest BCUT2D eigenvalue weighted by molar-refractivity contribution is -0.119. The largest absolute Gasteiger partial charge is 0.347 e. The topological polar surface area (TPSA) is 58.1 Å². The second-order valence-corrected chi connectivity index (χ2v) is 5.43. The fourth-order valence-corrected chi connectivity index (χ4v) is 2.49. The quantitative estimate of drug-likeness (QED) is 0.908. The Morgan fingerprint density at radius 3 is 2.16 bits per heavy atom. The van der Waals surface area contributed by atoms with E-state index in [1.807, 2.05) is 32.8 Å². The number of hydrogen-bond acceptors (Lipinski definition) is 4. The number of nitrogens with one attached hydrogen (secondary N) is 1. The Morgan fingerprint density at radius 2 is 1.68 bits per heavy atom. The second-order valence-electron chi connectivity index (χ2n) is 5.43. The smallest absolute Gasteiger partial charge is 0.227 e. The maximum absolute atomic E-state index is 12.2. The SMILES string of the molecule is Cc1nc(N(C)C)nc(C)c1NC(=O)C1CCCC1. The summed E-state index contributed by atoms with van der Waals surface area (Å²) in [5.74, 6) is 0.950. The fraction of sp³-hybridized carbons (Fsp3) is 0.643. The molecule has 0 radical (unpaired) electrons. The van der Waals surface area contributed by atoms with Gasteiger partial charge >= 0.3 is 0 Å². The molecular weight excluding hydrogens is 240 g/mol. The Balaban J connectivity index is 2.18. The Kier molecular flexibility index (Phi) is 4.02. The number of carbonyl (C=O) groups is 1. The molecule has 1 aromatic heterocycles. The molecule has 0 aromatic carbocycles. The third-order valence-electron chi connectivity index (χ3n) is 3.63. The zero-order valence-electron chi connectivity index (χ0n) is 12.2. The van der Waals surface area contributed by atoms with E-state index in [9.17, 15) is 4.79 Å². The highest BCUT2D eigenvalue weighted by Crippen LogP contribution is 2.27. The van der Waals surface area contributed by atoms with Crippen molar-refractivity contribution in [3.8, 4) is 0 Å². The molecule has 1 amide bonds. The minimum Gasteiger partial charge on any atom is -0.347 e. The van der Waals surface area contributed by atoms with Crippen LogP contribution in [0.2, 0.25) is 0 Å². The molecule has 1 N–H and O–H groups in total. The van der Waals surface area contributed by atoms with Gasteiger partial charge in [-0.25, -0.2) is 9.97 Å². The van der Waals surface area contributed by atoms with Gasteiger partial charge in [0.2, 0.25) is 11.9 Å². The van der Waals surface area contributed by atoms with Gasteiger partial charge in [0.15, 0.2) is 0 Å². The summed E-state index contributed by atoms with van der Waals surface area (Å²) in [6.07, 6.45) is 4.32. The molecule has 1 aliphatic carbocycles. The molecule has 0 atom stereocenters. The molecule has 19 heavy (non-hydrogen) atoms. The van der Waals surface area contributed by atoms with Crippen molar-refractivity contribution >= 4 is 17.5 Å². The lowest BCUT2D eigenvalue weighted by Crippen LogP contribution is -2.23. The van der Waals surface area contributed by atoms with Gasteiger partial charge in [-0.05, 0) is 26.7 Å². The average molecular weight is 262 g/mol. The van der Waals surface area contributed by atoms with E-state index < -0.39 is 0 Å². The van der Waals surface area contributed by atoms with Gasteiger partial charge < -0.3 is 10.2 Å². The van der Waals surface area contributed by atoms with Gasteiger partial charge in [0, 0.05) is 20.0 Å². The number of aryl methyl sites for hydroxylation is 2. The van der Waals surface area contributed by atoms with E-state index in [0.29, 0.717) is 5.95 Å². The van der Waals surface area contributed by atoms with Crippen LogP contribution < -0.4 is 10.2 Å². The van der Waals surface area contributed by atoms with Crippen LogP contribution in [0.15, 0.2) is 0 Å². The first-order chi connectivity index (χ1) is 8.99. The standard InChI is InChI=1S/C14H22N4O/c1-9-12(10(2)16-14(15-9)18(3)4)17-13(19)11-7-5-6-8-11/h11H,5-8H2,1-4H3,(H,17,19). The van der Waals surface area contributed by atoms with E-state index in [-0.39, 0.29) is 11.8 Å². The molecule has 0 unspecified atom stereocenters. The molecule has 5 heteroatoms. The van der Waals surface area contributed by atoms with E-state index in [0.717, 1.165) is 42.8 Å². The van der Waals surface area contributed by atoms with Crippen molar-refractivity contribution in [2.75, 3.05) is 24.3 Å². The zero-order chi connectivity index (χ0) is 14.0. The fourth-order valence-electron chi connectivity index (χ4n) is 2.49. The second kappa shape index (κ2) is 5.55. The molecule has 1 saturated carbocycles. The Morgan fingerprint density at radius 1 is 1.16 bits per heavy atom. The van der Waals surface area contributed by atoms with E-state index in [1.54, 1.807) is 0 Å². The molecule has 1 aromatic rings. The summed E-state index contributed by atoms with van der Waals surface area (Å²) in [5.41, 5.74) is 2.41. The monoisotopic (exact) mass is 262 g/mol. The predicted octanol–water partition coefficient (Wildman–Crippen LogP) is 2.29. The predicted molar refractivity (Wildman–Crippen MR) is 76.4 cm³/mol. The van der Waals surface area contributed by atoms with Crippen LogP contribution in [-0.2, 0) is 4.79 Å². The minimum absolute atomic E-state index is 0.116. The summed E-state index contributed by atoms with van der Waals surface area (Å²) in [7, 11) is 3.82. The van der Waals surface area contributed by atoms with Crippen molar-refractivity contribution in [3.63, 3.8) is 0 Å². The third kappa shape index (κ3) is 3.03. The molecule has 1 heterocycles. The molecule has 5 nitrogen and oxygen atoms in total. The van der Waals surface area contributed by atoms with Crippen LogP contribution in [0.4, 0.5) is 11.6 Å². The summed E-state index contributed by atoms with van der Waals surface area (Å²) < 4.78 is 0. The van der Waals surface area contributed by atoms with Gasteiger partial charge in [0.25, 0.3) is 0 Å². The normalized spacial score (nSPS) is 15.6. The van der Waals surface area contributed by atoms with Crippen LogP contribution in [0.5, 0.6) is 0 Å². The summed E-state index contributed by atoms with van der Waals surface area (Å²) in [6.45, 7) is 3.82. The molecule has 1 fully saturated rings. The first-order valence-corrected chi connectivity index (χ1v) is 6.82. The van der Waals surface area contributed by atoms with Crippen molar-refractivity contribution in [3.05, 3.63) is 11.4 Å². The summed E-state index contributed by atoms with van der Waals surface area (Å²) >= 11 is 0. The summed E-state index contributed by atoms with van der Waals surface area (Å²) in [5, 5.41) is 3.00. The number of amides is 1. The minimum atomic E-state index is 0.116. The van der Waals surface area contributed by atoms with E-state index in [4.69, 9.17) is 0 Å². The lowest BCUT2D eigenvalue weighted by Gasteiger charge is -2.17. The first kappa shape index (κ1) is 13.8. The van der Waals surface area contributed by atoms with Crippen LogP contribution in [0.1, 0.15) is 37.1 Å². The van der Waals surface area contributed by atoms with Gasteiger partial charge in [0.05, 0.1) is 17.1 Å². The van der Waals surface area contributed by atoms with Gasteiger partial charge in [0.1, 0.15) is 0 Å². The van der Waals surface area contributed by atoms with Crippen LogP contribution in [0.3, 0.4) is 0 Å². The highest BCUT2D eigenvalue weighted by atomic mass is 16.1. The number of anilines is 2. The number of aromatic nitrogens is 2. The first-order valence-electron chi connectivity index (χ1n) is 6.82. The van der Waals surface area contributed by atoms with Crippen LogP contribution >= 0.6 is 0 Å².